The maximum Gasteiger partial charge on any atom is 0.257 e. The molecule has 2 saturated heterocycles. The number of piperidine rings is 1. The fourth-order valence-electron chi connectivity index (χ4n) is 4.75. The monoisotopic (exact) mass is 410 g/mol. The zero-order chi connectivity index (χ0) is 21.1. The molecule has 1 spiro atoms. The Kier molecular flexibility index (Phi) is 6.19. The van der Waals surface area contributed by atoms with E-state index in [0.717, 1.165) is 64.3 Å². The Balaban J connectivity index is 1.33. The number of para-hydroxylation sites is 1. The molecule has 0 unspecified atom stereocenters. The van der Waals surface area contributed by atoms with Gasteiger partial charge in [-0.3, -0.25) is 9.69 Å². The van der Waals surface area contributed by atoms with Gasteiger partial charge in [0.2, 0.25) is 0 Å². The molecule has 0 aliphatic carbocycles. The second-order valence-electron chi connectivity index (χ2n) is 9.46. The van der Waals surface area contributed by atoms with Crippen LogP contribution in [0.1, 0.15) is 54.8 Å². The van der Waals surface area contributed by atoms with E-state index in [9.17, 15) is 4.79 Å². The van der Waals surface area contributed by atoms with Crippen LogP contribution in [0.2, 0.25) is 0 Å². The van der Waals surface area contributed by atoms with Crippen molar-refractivity contribution in [1.29, 1.82) is 0 Å². The van der Waals surface area contributed by atoms with Gasteiger partial charge in [0.1, 0.15) is 11.5 Å². The van der Waals surface area contributed by atoms with Crippen LogP contribution >= 0.6 is 0 Å². The second-order valence-corrected chi connectivity index (χ2v) is 9.46. The first-order valence-corrected chi connectivity index (χ1v) is 11.2. The van der Waals surface area contributed by atoms with E-state index in [1.807, 2.05) is 11.8 Å². The Morgan fingerprint density at radius 1 is 1.13 bits per heavy atom. The largest absolute Gasteiger partial charge is 0.493 e. The summed E-state index contributed by atoms with van der Waals surface area (Å²) in [4.78, 5) is 17.4. The molecule has 4 rings (SSSR count). The van der Waals surface area contributed by atoms with Crippen molar-refractivity contribution in [3.63, 3.8) is 0 Å². The fraction of sp³-hybridized carbons (Fsp3) is 0.560. The Hall–Kier alpha value is -2.27. The van der Waals surface area contributed by atoms with Gasteiger partial charge in [-0.1, -0.05) is 32.0 Å². The maximum absolute atomic E-state index is 12.8. The van der Waals surface area contributed by atoms with Crippen LogP contribution < -0.4 is 4.74 Å². The topological polar surface area (TPSA) is 45.9 Å². The van der Waals surface area contributed by atoms with Crippen molar-refractivity contribution >= 4 is 5.91 Å². The highest BCUT2D eigenvalue weighted by molar-refractivity contribution is 5.95. The van der Waals surface area contributed by atoms with Crippen LogP contribution in [0.15, 0.2) is 41.0 Å². The summed E-state index contributed by atoms with van der Waals surface area (Å²) >= 11 is 0. The van der Waals surface area contributed by atoms with E-state index < -0.39 is 0 Å². The quantitative estimate of drug-likeness (QED) is 0.689. The van der Waals surface area contributed by atoms with Crippen LogP contribution in [0.25, 0.3) is 0 Å². The van der Waals surface area contributed by atoms with Gasteiger partial charge in [0.25, 0.3) is 5.91 Å². The molecule has 2 aromatic rings. The molecule has 1 amide bonds. The van der Waals surface area contributed by atoms with Crippen molar-refractivity contribution in [2.45, 2.75) is 46.6 Å². The van der Waals surface area contributed by atoms with Crippen LogP contribution in [0.3, 0.4) is 0 Å². The molecule has 0 N–H and O–H groups in total. The Bertz CT molecular complexity index is 865. The van der Waals surface area contributed by atoms with Crippen molar-refractivity contribution in [2.75, 3.05) is 32.8 Å². The molecular formula is C25H34N2O3. The van der Waals surface area contributed by atoms with Gasteiger partial charge in [-0.2, -0.15) is 0 Å². The summed E-state index contributed by atoms with van der Waals surface area (Å²) in [6.07, 6.45) is 5.01. The zero-order valence-corrected chi connectivity index (χ0v) is 18.5. The number of carbonyl (C=O) groups is 1. The lowest BCUT2D eigenvalue weighted by atomic mass is 9.77. The fourth-order valence-corrected chi connectivity index (χ4v) is 4.75. The highest BCUT2D eigenvalue weighted by Crippen LogP contribution is 2.41. The smallest absolute Gasteiger partial charge is 0.257 e. The van der Waals surface area contributed by atoms with Crippen molar-refractivity contribution < 1.29 is 13.9 Å². The van der Waals surface area contributed by atoms with Gasteiger partial charge in [-0.05, 0) is 62.7 Å². The number of furan rings is 1. The van der Waals surface area contributed by atoms with E-state index >= 15 is 0 Å². The van der Waals surface area contributed by atoms with Gasteiger partial charge in [0.15, 0.2) is 0 Å². The van der Waals surface area contributed by atoms with Crippen molar-refractivity contribution in [2.24, 2.45) is 11.3 Å². The number of amides is 1. The third-order valence-corrected chi connectivity index (χ3v) is 6.67. The number of ether oxygens (including phenoxy) is 1. The zero-order valence-electron chi connectivity index (χ0n) is 18.5. The molecule has 1 aromatic carbocycles. The SMILES string of the molecule is Cc1occc1C(=O)N1CCC2(CCN(Cc3ccccc3OCC(C)C)CC2)C1. The first kappa shape index (κ1) is 21.0. The molecule has 0 atom stereocenters. The normalized spacial score (nSPS) is 19.0. The van der Waals surface area contributed by atoms with Gasteiger partial charge >= 0.3 is 0 Å². The van der Waals surface area contributed by atoms with E-state index in [1.165, 1.54) is 5.56 Å². The van der Waals surface area contributed by atoms with E-state index in [1.54, 1.807) is 12.3 Å². The Labute approximate surface area is 180 Å². The number of carbonyl (C=O) groups excluding carboxylic acids is 1. The van der Waals surface area contributed by atoms with Gasteiger partial charge in [0.05, 0.1) is 18.4 Å². The van der Waals surface area contributed by atoms with Gasteiger partial charge in [0, 0.05) is 25.2 Å². The average Bonchev–Trinajstić information content (AvgIpc) is 3.35. The second kappa shape index (κ2) is 8.84. The molecule has 1 aromatic heterocycles. The summed E-state index contributed by atoms with van der Waals surface area (Å²) in [5.41, 5.74) is 2.26. The molecule has 3 heterocycles. The minimum Gasteiger partial charge on any atom is -0.493 e. The Morgan fingerprint density at radius 2 is 1.87 bits per heavy atom. The van der Waals surface area contributed by atoms with Crippen LogP contribution in [0.4, 0.5) is 0 Å². The molecule has 30 heavy (non-hydrogen) atoms. The molecule has 0 saturated carbocycles. The number of likely N-dealkylation sites (tertiary alicyclic amines) is 2. The highest BCUT2D eigenvalue weighted by Gasteiger charge is 2.42. The summed E-state index contributed by atoms with van der Waals surface area (Å²) in [5.74, 6) is 2.37. The molecule has 2 aliphatic rings. The lowest BCUT2D eigenvalue weighted by molar-refractivity contribution is 0.0711. The van der Waals surface area contributed by atoms with Crippen molar-refractivity contribution in [1.82, 2.24) is 9.80 Å². The number of rotatable bonds is 6. The van der Waals surface area contributed by atoms with E-state index in [0.29, 0.717) is 17.2 Å². The van der Waals surface area contributed by atoms with Crippen LogP contribution in [0, 0.1) is 18.3 Å². The first-order chi connectivity index (χ1) is 14.5. The van der Waals surface area contributed by atoms with E-state index in [-0.39, 0.29) is 11.3 Å². The molecule has 0 radical (unpaired) electrons. The number of hydrogen-bond donors (Lipinski definition) is 0. The van der Waals surface area contributed by atoms with Gasteiger partial charge in [-0.15, -0.1) is 0 Å². The minimum atomic E-state index is 0.122. The lowest BCUT2D eigenvalue weighted by Crippen LogP contribution is -2.42. The van der Waals surface area contributed by atoms with Crippen LogP contribution in [-0.2, 0) is 6.54 Å². The molecule has 5 nitrogen and oxygen atoms in total. The summed E-state index contributed by atoms with van der Waals surface area (Å²) in [5, 5.41) is 0. The molecule has 5 heteroatoms. The van der Waals surface area contributed by atoms with Crippen molar-refractivity contribution in [3.8, 4) is 5.75 Å². The Morgan fingerprint density at radius 3 is 2.57 bits per heavy atom. The number of benzene rings is 1. The predicted octanol–water partition coefficient (Wildman–Crippen LogP) is 4.75. The number of aryl methyl sites for hydroxylation is 1. The lowest BCUT2D eigenvalue weighted by Gasteiger charge is -2.39. The summed E-state index contributed by atoms with van der Waals surface area (Å²) in [7, 11) is 0. The van der Waals surface area contributed by atoms with Crippen LogP contribution in [-0.4, -0.2) is 48.5 Å². The molecule has 0 bridgehead atoms. The van der Waals surface area contributed by atoms with E-state index in [4.69, 9.17) is 9.15 Å². The third-order valence-electron chi connectivity index (χ3n) is 6.67. The predicted molar refractivity (Wildman–Crippen MR) is 118 cm³/mol. The van der Waals surface area contributed by atoms with Crippen molar-refractivity contribution in [3.05, 3.63) is 53.5 Å². The highest BCUT2D eigenvalue weighted by atomic mass is 16.5. The van der Waals surface area contributed by atoms with Gasteiger partial charge in [-0.25, -0.2) is 0 Å². The molecule has 2 fully saturated rings. The molecule has 162 valence electrons. The number of nitrogens with zero attached hydrogens (tertiary/aromatic N) is 2. The van der Waals surface area contributed by atoms with E-state index in [2.05, 4.69) is 43.0 Å². The number of hydrogen-bond acceptors (Lipinski definition) is 4. The summed E-state index contributed by atoms with van der Waals surface area (Å²) < 4.78 is 11.4. The third kappa shape index (κ3) is 4.56. The standard InChI is InChI=1S/C25H34N2O3/c1-19(2)17-30-23-7-5-4-6-21(23)16-26-12-9-25(10-13-26)11-14-27(18-25)24(28)22-8-15-29-20(22)3/h4-8,15,19H,9-14,16-18H2,1-3H3. The van der Waals surface area contributed by atoms with Crippen LogP contribution in [0.5, 0.6) is 5.75 Å². The molecule has 2 aliphatic heterocycles. The average molecular weight is 411 g/mol. The minimum absolute atomic E-state index is 0.122. The summed E-state index contributed by atoms with van der Waals surface area (Å²) in [6, 6.07) is 10.2. The maximum atomic E-state index is 12.8. The van der Waals surface area contributed by atoms with Gasteiger partial charge < -0.3 is 14.1 Å². The summed E-state index contributed by atoms with van der Waals surface area (Å²) in [6.45, 7) is 11.8. The first-order valence-electron chi connectivity index (χ1n) is 11.2. The molecular weight excluding hydrogens is 376 g/mol.